The van der Waals surface area contributed by atoms with Crippen LogP contribution in [0.15, 0.2) is 73.1 Å². The van der Waals surface area contributed by atoms with Crippen LogP contribution in [0.1, 0.15) is 52.3 Å². The molecule has 0 spiro atoms. The Morgan fingerprint density at radius 3 is 2.67 bits per heavy atom. The molecule has 0 radical (unpaired) electrons. The molecule has 4 atom stereocenters. The first-order valence-electron chi connectivity index (χ1n) is 12.3. The second kappa shape index (κ2) is 11.3. The van der Waals surface area contributed by atoms with Crippen molar-refractivity contribution in [3.05, 3.63) is 95.3 Å². The van der Waals surface area contributed by atoms with E-state index in [4.69, 9.17) is 9.47 Å². The second-order valence-corrected chi connectivity index (χ2v) is 9.37. The van der Waals surface area contributed by atoms with E-state index in [2.05, 4.69) is 15.2 Å². The number of aliphatic hydroxyl groups excluding tert-OH is 2. The lowest BCUT2D eigenvalue weighted by Crippen LogP contribution is -2.38. The molecular weight excluding hydrogens is 458 g/mol. The summed E-state index contributed by atoms with van der Waals surface area (Å²) >= 11 is 0. The number of hydrogen-bond donors (Lipinski definition) is 3. The number of hydrogen-bond acceptors (Lipinski definition) is 7. The van der Waals surface area contributed by atoms with E-state index < -0.39 is 6.29 Å². The van der Waals surface area contributed by atoms with Gasteiger partial charge in [-0.3, -0.25) is 14.7 Å². The third kappa shape index (κ3) is 5.98. The van der Waals surface area contributed by atoms with E-state index in [1.165, 1.54) is 6.20 Å². The summed E-state index contributed by atoms with van der Waals surface area (Å²) in [5, 5.41) is 22.3. The molecule has 3 aromatic rings. The minimum atomic E-state index is -0.617. The Morgan fingerprint density at radius 2 is 1.94 bits per heavy atom. The molecule has 8 nitrogen and oxygen atoms in total. The van der Waals surface area contributed by atoms with Gasteiger partial charge in [-0.15, -0.1) is 0 Å². The van der Waals surface area contributed by atoms with Crippen molar-refractivity contribution in [2.24, 2.45) is 0 Å². The van der Waals surface area contributed by atoms with Gasteiger partial charge in [-0.25, -0.2) is 0 Å². The van der Waals surface area contributed by atoms with Crippen LogP contribution in [0, 0.1) is 0 Å². The molecular formula is C28H31N3O5. The predicted molar refractivity (Wildman–Crippen MR) is 134 cm³/mol. The van der Waals surface area contributed by atoms with Crippen molar-refractivity contribution in [2.45, 2.75) is 44.1 Å². The molecule has 8 heteroatoms. The highest BCUT2D eigenvalue weighted by molar-refractivity contribution is 6.04. The molecule has 1 aromatic heterocycles. The van der Waals surface area contributed by atoms with Crippen molar-refractivity contribution in [1.82, 2.24) is 9.88 Å². The van der Waals surface area contributed by atoms with Crippen LogP contribution in [0.4, 0.5) is 5.69 Å². The number of rotatable bonds is 7. The highest BCUT2D eigenvalue weighted by Crippen LogP contribution is 2.39. The van der Waals surface area contributed by atoms with Gasteiger partial charge in [0.2, 0.25) is 0 Å². The number of nitrogens with zero attached hydrogens (tertiary/aromatic N) is 2. The third-order valence-electron chi connectivity index (χ3n) is 6.66. The molecule has 3 heterocycles. The zero-order valence-corrected chi connectivity index (χ0v) is 20.0. The van der Waals surface area contributed by atoms with E-state index in [1.807, 2.05) is 48.5 Å². The lowest BCUT2D eigenvalue weighted by atomic mass is 9.99. The fraction of sp³-hybridized carbons (Fsp3) is 0.357. The van der Waals surface area contributed by atoms with Crippen molar-refractivity contribution in [2.75, 3.05) is 25.0 Å². The third-order valence-corrected chi connectivity index (χ3v) is 6.66. The summed E-state index contributed by atoms with van der Waals surface area (Å²) in [6, 6.07) is 18.7. The normalized spacial score (nSPS) is 24.5. The van der Waals surface area contributed by atoms with Crippen LogP contribution in [0.3, 0.4) is 0 Å². The molecule has 2 fully saturated rings. The van der Waals surface area contributed by atoms with E-state index in [1.54, 1.807) is 18.3 Å². The smallest absolute Gasteiger partial charge is 0.257 e. The fourth-order valence-electron chi connectivity index (χ4n) is 4.76. The standard InChI is InChI=1S/C28H31N3O5/c32-18-19-6-8-20(9-7-19)26-14-25(17-31-12-10-24(33)16-31)35-28(36-26)21-3-1-5-23(13-21)30-27(34)22-4-2-11-29-15-22/h1-9,11,13,15,24-26,28,32-33H,10,12,14,16-18H2,(H,30,34)/t24-,25-,26+,28+/m0/s1. The summed E-state index contributed by atoms with van der Waals surface area (Å²) in [4.78, 5) is 18.8. The molecule has 36 heavy (non-hydrogen) atoms. The lowest BCUT2D eigenvalue weighted by Gasteiger charge is -2.38. The summed E-state index contributed by atoms with van der Waals surface area (Å²) in [7, 11) is 0. The van der Waals surface area contributed by atoms with Gasteiger partial charge in [0.15, 0.2) is 6.29 Å². The summed E-state index contributed by atoms with van der Waals surface area (Å²) in [5.41, 5.74) is 3.80. The van der Waals surface area contributed by atoms with Crippen LogP contribution in [-0.4, -0.2) is 57.8 Å². The minimum Gasteiger partial charge on any atom is -0.392 e. The van der Waals surface area contributed by atoms with Crippen LogP contribution in [0.2, 0.25) is 0 Å². The van der Waals surface area contributed by atoms with Gasteiger partial charge in [0.25, 0.3) is 5.91 Å². The Labute approximate surface area is 210 Å². The molecule has 5 rings (SSSR count). The molecule has 1 amide bonds. The van der Waals surface area contributed by atoms with Crippen LogP contribution in [-0.2, 0) is 16.1 Å². The van der Waals surface area contributed by atoms with E-state index >= 15 is 0 Å². The zero-order chi connectivity index (χ0) is 24.9. The van der Waals surface area contributed by atoms with Crippen LogP contribution < -0.4 is 5.32 Å². The maximum Gasteiger partial charge on any atom is 0.257 e. The summed E-state index contributed by atoms with van der Waals surface area (Å²) in [6.45, 7) is 2.20. The number of pyridine rings is 1. The summed E-state index contributed by atoms with van der Waals surface area (Å²) in [5.74, 6) is -0.238. The van der Waals surface area contributed by atoms with Crippen LogP contribution in [0.25, 0.3) is 0 Å². The largest absolute Gasteiger partial charge is 0.392 e. The number of benzene rings is 2. The number of aromatic nitrogens is 1. The van der Waals surface area contributed by atoms with Crippen molar-refractivity contribution in [3.63, 3.8) is 0 Å². The maximum atomic E-state index is 12.6. The van der Waals surface area contributed by atoms with E-state index in [0.717, 1.165) is 29.7 Å². The number of β-amino-alcohol motifs (C(OH)–C–C–N with tert-alkyl or cyclic N) is 1. The Morgan fingerprint density at radius 1 is 1.08 bits per heavy atom. The van der Waals surface area contributed by atoms with Gasteiger partial charge in [0.1, 0.15) is 0 Å². The molecule has 0 saturated carbocycles. The SMILES string of the molecule is O=C(Nc1cccc([C@@H]2O[C@H](CN3CC[C@H](O)C3)C[C@H](c3ccc(CO)cc3)O2)c1)c1cccnc1. The number of anilines is 1. The van der Waals surface area contributed by atoms with E-state index in [9.17, 15) is 15.0 Å². The first kappa shape index (κ1) is 24.5. The molecule has 2 aliphatic rings. The average molecular weight is 490 g/mol. The van der Waals surface area contributed by atoms with Gasteiger partial charge in [-0.2, -0.15) is 0 Å². The maximum absolute atomic E-state index is 12.6. The van der Waals surface area contributed by atoms with Gasteiger partial charge >= 0.3 is 0 Å². The molecule has 0 bridgehead atoms. The van der Waals surface area contributed by atoms with Crippen LogP contribution >= 0.6 is 0 Å². The number of ether oxygens (including phenoxy) is 2. The first-order chi connectivity index (χ1) is 17.6. The van der Waals surface area contributed by atoms with Gasteiger partial charge in [0.05, 0.1) is 30.5 Å². The fourth-order valence-corrected chi connectivity index (χ4v) is 4.76. The highest BCUT2D eigenvalue weighted by atomic mass is 16.7. The van der Waals surface area contributed by atoms with Crippen molar-refractivity contribution >= 4 is 11.6 Å². The molecule has 2 aromatic carbocycles. The lowest BCUT2D eigenvalue weighted by molar-refractivity contribution is -0.252. The molecule has 2 saturated heterocycles. The van der Waals surface area contributed by atoms with Gasteiger partial charge in [-0.05, 0) is 41.8 Å². The molecule has 188 valence electrons. The van der Waals surface area contributed by atoms with Crippen LogP contribution in [0.5, 0.6) is 0 Å². The summed E-state index contributed by atoms with van der Waals surface area (Å²) in [6.07, 6.45) is 3.42. The quantitative estimate of drug-likeness (QED) is 0.467. The van der Waals surface area contributed by atoms with E-state index in [-0.39, 0.29) is 30.8 Å². The first-order valence-corrected chi connectivity index (χ1v) is 12.3. The summed E-state index contributed by atoms with van der Waals surface area (Å²) < 4.78 is 12.8. The minimum absolute atomic E-state index is 0.00495. The van der Waals surface area contributed by atoms with Gasteiger partial charge in [0, 0.05) is 49.7 Å². The average Bonchev–Trinajstić information content (AvgIpc) is 3.33. The van der Waals surface area contributed by atoms with Gasteiger partial charge in [-0.1, -0.05) is 36.4 Å². The Balaban J connectivity index is 1.35. The topological polar surface area (TPSA) is 104 Å². The number of amides is 1. The molecule has 0 unspecified atom stereocenters. The molecule has 2 aliphatic heterocycles. The second-order valence-electron chi connectivity index (χ2n) is 9.37. The molecule has 0 aliphatic carbocycles. The number of nitrogens with one attached hydrogen (secondary N) is 1. The number of likely N-dealkylation sites (tertiary alicyclic amines) is 1. The number of carbonyl (C=O) groups is 1. The molecule has 3 N–H and O–H groups in total. The zero-order valence-electron chi connectivity index (χ0n) is 20.0. The van der Waals surface area contributed by atoms with Crippen molar-refractivity contribution in [1.29, 1.82) is 0 Å². The highest BCUT2D eigenvalue weighted by Gasteiger charge is 2.34. The number of carbonyl (C=O) groups excluding carboxylic acids is 1. The Kier molecular flexibility index (Phi) is 7.69. The van der Waals surface area contributed by atoms with Crippen molar-refractivity contribution in [3.8, 4) is 0 Å². The Bertz CT molecular complexity index is 1160. The predicted octanol–water partition coefficient (Wildman–Crippen LogP) is 3.44. The Hall–Kier alpha value is -3.14. The van der Waals surface area contributed by atoms with E-state index in [0.29, 0.717) is 30.8 Å². The van der Waals surface area contributed by atoms with Gasteiger partial charge < -0.3 is 25.0 Å². The number of aliphatic hydroxyl groups is 2. The monoisotopic (exact) mass is 489 g/mol. The van der Waals surface area contributed by atoms with Crippen molar-refractivity contribution < 1.29 is 24.5 Å².